The molecular weight excluding hydrogens is 1550 g/mol. The highest BCUT2D eigenvalue weighted by Crippen LogP contribution is 2.54. The molecule has 0 bridgehead atoms. The second-order valence-corrected chi connectivity index (χ2v) is 34.3. The molecular formula is C96H120N10O12S2. The molecule has 0 aliphatic carbocycles. The Labute approximate surface area is 716 Å². The number of rotatable bonds is 20. The second kappa shape index (κ2) is 39.2. The van der Waals surface area contributed by atoms with Gasteiger partial charge >= 0.3 is 0 Å². The lowest BCUT2D eigenvalue weighted by Crippen LogP contribution is -2.49. The molecule has 4 aromatic heterocycles. The highest BCUT2D eigenvalue weighted by atomic mass is 32.1. The van der Waals surface area contributed by atoms with Crippen LogP contribution in [0, 0.1) is 0 Å². The zero-order valence-corrected chi connectivity index (χ0v) is 74.0. The van der Waals surface area contributed by atoms with Crippen LogP contribution >= 0.6 is 22.7 Å². The molecule has 4 N–H and O–H groups in total. The van der Waals surface area contributed by atoms with E-state index in [1.807, 2.05) is 167 Å². The molecule has 0 saturated carbocycles. The fourth-order valence-corrected chi connectivity index (χ4v) is 19.9. The summed E-state index contributed by atoms with van der Waals surface area (Å²) in [5.41, 5.74) is 8.99. The summed E-state index contributed by atoms with van der Waals surface area (Å²) in [4.78, 5) is 71.7. The average Bonchev–Trinajstić information content (AvgIpc) is 1.15. The Kier molecular flexibility index (Phi) is 28.6. The maximum absolute atomic E-state index is 13.2. The van der Waals surface area contributed by atoms with Gasteiger partial charge in [-0.1, -0.05) is 30.3 Å². The summed E-state index contributed by atoms with van der Waals surface area (Å²) < 4.78 is 48.8. The molecule has 1 atom stereocenters. The third-order valence-electron chi connectivity index (χ3n) is 24.3. The summed E-state index contributed by atoms with van der Waals surface area (Å²) in [5.74, 6) is 6.89. The van der Waals surface area contributed by atoms with Gasteiger partial charge < -0.3 is 78.8 Å². The van der Waals surface area contributed by atoms with Crippen molar-refractivity contribution in [2.45, 2.75) is 167 Å². The Morgan fingerprint density at radius 2 is 0.825 bits per heavy atom. The highest BCUT2D eigenvalue weighted by molar-refractivity contribution is 7.15. The Bertz CT molecular complexity index is 4970. The number of methoxy groups -OCH3 is 4. The monoisotopic (exact) mass is 1670 g/mol. The molecule has 638 valence electrons. The molecule has 4 fully saturated rings. The van der Waals surface area contributed by atoms with E-state index in [-0.39, 0.29) is 64.0 Å². The van der Waals surface area contributed by atoms with Gasteiger partial charge in [0, 0.05) is 140 Å². The Balaban J connectivity index is 0.000000138. The van der Waals surface area contributed by atoms with Gasteiger partial charge in [0.15, 0.2) is 0 Å². The maximum atomic E-state index is 13.2. The van der Waals surface area contributed by atoms with Crippen molar-refractivity contribution in [1.82, 2.24) is 50.8 Å². The molecule has 0 radical (unpaired) electrons. The molecule has 4 spiro atoms. The zero-order valence-electron chi connectivity index (χ0n) is 72.3. The summed E-state index contributed by atoms with van der Waals surface area (Å²) in [7, 11) is 6.74. The molecule has 16 rings (SSSR count). The van der Waals surface area contributed by atoms with E-state index in [4.69, 9.17) is 37.9 Å². The molecule has 8 aromatic rings. The van der Waals surface area contributed by atoms with Gasteiger partial charge in [0.05, 0.1) is 66.1 Å². The number of hydrogen-bond acceptors (Lipinski definition) is 20. The van der Waals surface area contributed by atoms with E-state index < -0.39 is 0 Å². The minimum Gasteiger partial charge on any atom is -0.496 e. The van der Waals surface area contributed by atoms with E-state index >= 15 is 0 Å². The number of fused-ring (bicyclic) bond motifs is 4. The second-order valence-electron chi connectivity index (χ2n) is 32.2. The van der Waals surface area contributed by atoms with Crippen LogP contribution in [-0.2, 0) is 0 Å². The fourth-order valence-electron chi connectivity index (χ4n) is 17.9. The van der Waals surface area contributed by atoms with E-state index in [1.165, 1.54) is 0 Å². The first-order valence-corrected chi connectivity index (χ1v) is 44.6. The van der Waals surface area contributed by atoms with Gasteiger partial charge in [-0.3, -0.25) is 29.1 Å². The van der Waals surface area contributed by atoms with Gasteiger partial charge in [0.1, 0.15) is 74.1 Å². The van der Waals surface area contributed by atoms with Gasteiger partial charge in [0.2, 0.25) is 0 Å². The number of carbonyl (C=O) groups excluding carboxylic acids is 4. The third-order valence-corrected chi connectivity index (χ3v) is 26.5. The van der Waals surface area contributed by atoms with E-state index in [9.17, 15) is 19.2 Å². The summed E-state index contributed by atoms with van der Waals surface area (Å²) >= 11 is 3.10. The molecule has 12 heterocycles. The number of carbonyl (C=O) groups is 4. The molecule has 8 aliphatic heterocycles. The predicted molar refractivity (Wildman–Crippen MR) is 477 cm³/mol. The molecule has 120 heavy (non-hydrogen) atoms. The van der Waals surface area contributed by atoms with Crippen LogP contribution < -0.4 is 59.2 Å². The number of nitrogens with one attached hydrogen (secondary N) is 4. The lowest BCUT2D eigenvalue weighted by molar-refractivity contribution is 0.0107. The van der Waals surface area contributed by atoms with Gasteiger partial charge in [0.25, 0.3) is 23.6 Å². The largest absolute Gasteiger partial charge is 0.496 e. The molecule has 4 aromatic carbocycles. The van der Waals surface area contributed by atoms with Crippen LogP contribution in [0.15, 0.2) is 152 Å². The first kappa shape index (κ1) is 87.7. The Hall–Kier alpha value is -10.1. The SMILES string of the molecule is CCN(CC)C(=O)c1ccc(C2=CC3(CCNCC3)Oc3cccc(OC)c32)nc1.CCN(CC)C(=O)c1ccc(C2=CC3(CCNCC3)Oc3cccc(OC)c32)s1.CCN(CC)C(=O)c1ccc(C2CC3(CCNCC3)Oc3cccc(OC)c32)cn1.COc1cccc2c1C(c1ccc(C(=O)N(C(C)C)C(C)C)s1)=CC1(CCNCC1)O2. The van der Waals surface area contributed by atoms with Crippen LogP contribution in [0.4, 0.5) is 0 Å². The lowest BCUT2D eigenvalue weighted by Gasteiger charge is -2.45. The van der Waals surface area contributed by atoms with Crippen molar-refractivity contribution in [2.24, 2.45) is 0 Å². The van der Waals surface area contributed by atoms with Crippen LogP contribution in [0.1, 0.15) is 216 Å². The molecule has 8 aliphatic rings. The maximum Gasteiger partial charge on any atom is 0.272 e. The molecule has 4 amide bonds. The van der Waals surface area contributed by atoms with E-state index in [0.717, 1.165) is 226 Å². The third kappa shape index (κ3) is 18.8. The first-order chi connectivity index (χ1) is 58.2. The average molecular weight is 1670 g/mol. The first-order valence-electron chi connectivity index (χ1n) is 43.0. The number of aromatic nitrogens is 2. The molecule has 1 unspecified atom stereocenters. The quantitative estimate of drug-likeness (QED) is 0.0556. The Morgan fingerprint density at radius 1 is 0.425 bits per heavy atom. The van der Waals surface area contributed by atoms with Crippen LogP contribution in [0.5, 0.6) is 46.0 Å². The normalized spacial score (nSPS) is 17.8. The number of piperidine rings is 4. The smallest absolute Gasteiger partial charge is 0.272 e. The van der Waals surface area contributed by atoms with Gasteiger partial charge in [-0.2, -0.15) is 0 Å². The molecule has 22 nitrogen and oxygen atoms in total. The van der Waals surface area contributed by atoms with Crippen molar-refractivity contribution in [1.29, 1.82) is 0 Å². The van der Waals surface area contributed by atoms with E-state index in [1.54, 1.807) is 67.1 Å². The van der Waals surface area contributed by atoms with Crippen LogP contribution in [0.3, 0.4) is 0 Å². The van der Waals surface area contributed by atoms with Crippen LogP contribution in [0.2, 0.25) is 0 Å². The number of nitrogens with zero attached hydrogens (tertiary/aromatic N) is 6. The summed E-state index contributed by atoms with van der Waals surface area (Å²) in [6, 6.07) is 39.8. The number of benzene rings is 4. The van der Waals surface area contributed by atoms with E-state index in [0.29, 0.717) is 50.5 Å². The topological polar surface area (TPSA) is 229 Å². The number of amides is 4. The lowest BCUT2D eigenvalue weighted by atomic mass is 9.75. The van der Waals surface area contributed by atoms with Crippen molar-refractivity contribution in [3.63, 3.8) is 0 Å². The molecule has 24 heteroatoms. The minimum atomic E-state index is -0.350. The molecule has 4 saturated heterocycles. The van der Waals surface area contributed by atoms with Crippen molar-refractivity contribution < 1.29 is 57.1 Å². The number of ether oxygens (including phenoxy) is 8. The van der Waals surface area contributed by atoms with Gasteiger partial charge in [-0.05, 0) is 256 Å². The standard InChI is InChI=1S/C25H32N2O3S.C24H29N3O3.C24H31N3O3.C23H28N2O3S/c1-16(2)27(17(3)4)24(28)22-10-9-21(31-22)18-15-25(11-13-26-14-12-25)30-20-8-6-7-19(29-5)23(18)20;1-4-27(5-2)23(28)17-9-10-19(26-16-17)18-15-24(11-13-25-14-12-24)30-21-8-6-7-20(29-3)22(18)21;1-4-27(5-2)23(28)19-10-9-17(16-26-19)18-15-24(11-13-25-14-12-24)30-21-8-6-7-20(29-3)22(18)21;1-4-25(5-2)22(26)20-10-9-19(29-20)16-15-23(11-13-24-14-12-23)28-18-8-6-7-17(27-3)21(16)18/h6-10,15-17,26H,11-14H2,1-5H3;6-10,15-16,25H,4-5,11-14H2,1-3H3;6-10,16,18,25H,4-5,11-15H2,1-3H3;6-10,15,24H,4-5,11-14H2,1-3H3. The summed E-state index contributed by atoms with van der Waals surface area (Å²) in [5, 5.41) is 13.7. The van der Waals surface area contributed by atoms with E-state index in [2.05, 4.69) is 89.3 Å². The van der Waals surface area contributed by atoms with Crippen LogP contribution in [0.25, 0.3) is 16.7 Å². The van der Waals surface area contributed by atoms with Gasteiger partial charge in [-0.25, -0.2) is 0 Å². The van der Waals surface area contributed by atoms with Crippen molar-refractivity contribution in [2.75, 3.05) is 120 Å². The van der Waals surface area contributed by atoms with Crippen molar-refractivity contribution in [3.8, 4) is 46.0 Å². The summed E-state index contributed by atoms with van der Waals surface area (Å²) in [6.07, 6.45) is 18.6. The van der Waals surface area contributed by atoms with Gasteiger partial charge in [-0.15, -0.1) is 22.7 Å². The number of thiophene rings is 2. The number of hydrogen-bond donors (Lipinski definition) is 4. The van der Waals surface area contributed by atoms with Crippen molar-refractivity contribution in [3.05, 3.63) is 216 Å². The predicted octanol–water partition coefficient (Wildman–Crippen LogP) is 16.3. The summed E-state index contributed by atoms with van der Waals surface area (Å²) in [6.45, 7) is 31.8. The zero-order chi connectivity index (χ0) is 84.9. The fraction of sp³-hybridized carbons (Fsp3) is 0.458. The van der Waals surface area contributed by atoms with Crippen LogP contribution in [-0.4, -0.2) is 208 Å². The van der Waals surface area contributed by atoms with Crippen molar-refractivity contribution >= 4 is 63.0 Å². The number of pyridine rings is 2. The minimum absolute atomic E-state index is 0.00723. The Morgan fingerprint density at radius 3 is 1.23 bits per heavy atom. The highest BCUT2D eigenvalue weighted by Gasteiger charge is 2.46.